The van der Waals surface area contributed by atoms with Crippen molar-refractivity contribution in [1.82, 2.24) is 4.98 Å². The lowest BCUT2D eigenvalue weighted by atomic mass is 9.99. The summed E-state index contributed by atoms with van der Waals surface area (Å²) in [5, 5.41) is 2.16. The molecule has 19 heavy (non-hydrogen) atoms. The maximum atomic E-state index is 11.9. The van der Waals surface area contributed by atoms with Crippen LogP contribution >= 0.6 is 11.6 Å². The number of ether oxygens (including phenoxy) is 2. The van der Waals surface area contributed by atoms with Gasteiger partial charge in [0, 0.05) is 23.6 Å². The van der Waals surface area contributed by atoms with Crippen molar-refractivity contribution < 1.29 is 14.3 Å². The first-order chi connectivity index (χ1) is 9.11. The third kappa shape index (κ3) is 1.83. The number of carbonyl (C=O) groups is 1. The van der Waals surface area contributed by atoms with E-state index in [4.69, 9.17) is 21.1 Å². The summed E-state index contributed by atoms with van der Waals surface area (Å²) in [6.45, 7) is 1.96. The van der Waals surface area contributed by atoms with Crippen LogP contribution in [-0.2, 0) is 11.2 Å². The van der Waals surface area contributed by atoms with Crippen molar-refractivity contribution in [2.24, 2.45) is 0 Å². The van der Waals surface area contributed by atoms with Crippen LogP contribution < -0.4 is 4.74 Å². The molecular weight excluding hydrogens is 266 g/mol. The number of rotatable bonds is 1. The predicted molar refractivity (Wildman–Crippen MR) is 71.9 cm³/mol. The Bertz CT molecular complexity index is 684. The van der Waals surface area contributed by atoms with Gasteiger partial charge in [0.05, 0.1) is 7.11 Å². The third-order valence-electron chi connectivity index (χ3n) is 3.27. The van der Waals surface area contributed by atoms with E-state index in [1.807, 2.05) is 13.0 Å². The molecule has 0 saturated heterocycles. The minimum atomic E-state index is -0.403. The zero-order chi connectivity index (χ0) is 13.6. The third-order valence-corrected chi connectivity index (χ3v) is 3.56. The molecule has 0 spiro atoms. The molecule has 0 fully saturated rings. The first kappa shape index (κ1) is 12.2. The molecule has 2 heterocycles. The Kier molecular flexibility index (Phi) is 2.82. The average Bonchev–Trinajstić information content (AvgIpc) is 2.78. The molecule has 1 aromatic heterocycles. The summed E-state index contributed by atoms with van der Waals surface area (Å²) in [7, 11) is 1.36. The standard InChI is InChI=1S/C14H12ClNO3/c1-7-5-9-11-8(3-4-16-13(11)15)6-10(12(9)19-7)14(17)18-2/h3-4,6-7H,5H2,1-2H3. The maximum Gasteiger partial charge on any atom is 0.341 e. The predicted octanol–water partition coefficient (Wildman–Crippen LogP) is 3.00. The molecule has 0 radical (unpaired) electrons. The van der Waals surface area contributed by atoms with Gasteiger partial charge in [-0.2, -0.15) is 0 Å². The van der Waals surface area contributed by atoms with Crippen LogP contribution in [0, 0.1) is 0 Å². The molecule has 5 heteroatoms. The van der Waals surface area contributed by atoms with E-state index in [0.717, 1.165) is 16.3 Å². The summed E-state index contributed by atoms with van der Waals surface area (Å²) in [6, 6.07) is 3.57. The second-order valence-electron chi connectivity index (χ2n) is 4.56. The second kappa shape index (κ2) is 4.38. The van der Waals surface area contributed by atoms with Gasteiger partial charge in [-0.3, -0.25) is 0 Å². The van der Waals surface area contributed by atoms with Crippen LogP contribution in [0.15, 0.2) is 18.3 Å². The zero-order valence-electron chi connectivity index (χ0n) is 10.6. The van der Waals surface area contributed by atoms with Gasteiger partial charge in [0.1, 0.15) is 22.6 Å². The molecule has 0 amide bonds. The summed E-state index contributed by atoms with van der Waals surface area (Å²) in [5.74, 6) is 0.168. The van der Waals surface area contributed by atoms with Crippen LogP contribution in [0.3, 0.4) is 0 Å². The molecular formula is C14H12ClNO3. The smallest absolute Gasteiger partial charge is 0.341 e. The van der Waals surface area contributed by atoms with E-state index in [-0.39, 0.29) is 6.10 Å². The Balaban J connectivity index is 2.37. The van der Waals surface area contributed by atoms with E-state index in [2.05, 4.69) is 4.98 Å². The number of nitrogens with zero attached hydrogens (tertiary/aromatic N) is 1. The Morgan fingerprint density at radius 2 is 2.37 bits per heavy atom. The van der Waals surface area contributed by atoms with Gasteiger partial charge in [-0.1, -0.05) is 11.6 Å². The summed E-state index contributed by atoms with van der Waals surface area (Å²) >= 11 is 6.17. The molecule has 4 nitrogen and oxygen atoms in total. The lowest BCUT2D eigenvalue weighted by Gasteiger charge is -2.10. The number of fused-ring (bicyclic) bond motifs is 3. The SMILES string of the molecule is COC(=O)c1cc2ccnc(Cl)c2c2c1OC(C)C2. The van der Waals surface area contributed by atoms with Crippen molar-refractivity contribution in [3.05, 3.63) is 34.6 Å². The molecule has 3 rings (SSSR count). The van der Waals surface area contributed by atoms with Gasteiger partial charge >= 0.3 is 5.97 Å². The summed E-state index contributed by atoms with van der Waals surface area (Å²) in [6.07, 6.45) is 2.35. The van der Waals surface area contributed by atoms with Crippen molar-refractivity contribution >= 4 is 28.3 Å². The number of carbonyl (C=O) groups excluding carboxylic acids is 1. The van der Waals surface area contributed by atoms with Gasteiger partial charge in [0.2, 0.25) is 0 Å². The Morgan fingerprint density at radius 1 is 1.58 bits per heavy atom. The quantitative estimate of drug-likeness (QED) is 0.594. The van der Waals surface area contributed by atoms with Crippen LogP contribution in [0.5, 0.6) is 5.75 Å². The maximum absolute atomic E-state index is 11.9. The highest BCUT2D eigenvalue weighted by Gasteiger charge is 2.29. The number of halogens is 1. The van der Waals surface area contributed by atoms with Crippen molar-refractivity contribution in [3.8, 4) is 5.75 Å². The molecule has 0 aliphatic carbocycles. The molecule has 0 bridgehead atoms. The van der Waals surface area contributed by atoms with Gasteiger partial charge < -0.3 is 9.47 Å². The normalized spacial score (nSPS) is 17.1. The molecule has 98 valence electrons. The molecule has 1 aliphatic heterocycles. The number of pyridine rings is 1. The van der Waals surface area contributed by atoms with Crippen molar-refractivity contribution in [2.75, 3.05) is 7.11 Å². The van der Waals surface area contributed by atoms with Crippen LogP contribution in [0.1, 0.15) is 22.8 Å². The number of aromatic nitrogens is 1. The molecule has 1 unspecified atom stereocenters. The molecule has 0 N–H and O–H groups in total. The summed E-state index contributed by atoms with van der Waals surface area (Å²) in [4.78, 5) is 16.0. The Hall–Kier alpha value is -1.81. The number of hydrogen-bond donors (Lipinski definition) is 0. The highest BCUT2D eigenvalue weighted by atomic mass is 35.5. The van der Waals surface area contributed by atoms with Gasteiger partial charge in [-0.05, 0) is 24.4 Å². The second-order valence-corrected chi connectivity index (χ2v) is 4.91. The van der Waals surface area contributed by atoms with E-state index >= 15 is 0 Å². The number of benzene rings is 1. The molecule has 1 aromatic carbocycles. The minimum Gasteiger partial charge on any atom is -0.489 e. The van der Waals surface area contributed by atoms with E-state index in [1.165, 1.54) is 7.11 Å². The highest BCUT2D eigenvalue weighted by molar-refractivity contribution is 6.34. The van der Waals surface area contributed by atoms with Crippen LogP contribution in [-0.4, -0.2) is 24.2 Å². The first-order valence-electron chi connectivity index (χ1n) is 5.97. The first-order valence-corrected chi connectivity index (χ1v) is 6.34. The van der Waals surface area contributed by atoms with Crippen molar-refractivity contribution in [1.29, 1.82) is 0 Å². The van der Waals surface area contributed by atoms with Gasteiger partial charge in [0.15, 0.2) is 0 Å². The Labute approximate surface area is 115 Å². The molecule has 0 saturated carbocycles. The van der Waals surface area contributed by atoms with Gasteiger partial charge in [0.25, 0.3) is 0 Å². The Morgan fingerprint density at radius 3 is 3.11 bits per heavy atom. The van der Waals surface area contributed by atoms with Gasteiger partial charge in [-0.15, -0.1) is 0 Å². The highest BCUT2D eigenvalue weighted by Crippen LogP contribution is 2.40. The van der Waals surface area contributed by atoms with Gasteiger partial charge in [-0.25, -0.2) is 9.78 Å². The van der Waals surface area contributed by atoms with Crippen LogP contribution in [0.2, 0.25) is 5.15 Å². The number of methoxy groups -OCH3 is 1. The van der Waals surface area contributed by atoms with Crippen molar-refractivity contribution in [3.63, 3.8) is 0 Å². The number of esters is 1. The van der Waals surface area contributed by atoms with E-state index in [0.29, 0.717) is 22.9 Å². The van der Waals surface area contributed by atoms with Crippen LogP contribution in [0.4, 0.5) is 0 Å². The summed E-state index contributed by atoms with van der Waals surface area (Å²) in [5.41, 5.74) is 1.38. The van der Waals surface area contributed by atoms with E-state index in [1.54, 1.807) is 12.3 Å². The molecule has 1 atom stereocenters. The fourth-order valence-corrected chi connectivity index (χ4v) is 2.77. The minimum absolute atomic E-state index is 0.0141. The number of hydrogen-bond acceptors (Lipinski definition) is 4. The zero-order valence-corrected chi connectivity index (χ0v) is 11.3. The lowest BCUT2D eigenvalue weighted by molar-refractivity contribution is 0.0596. The topological polar surface area (TPSA) is 48.4 Å². The van der Waals surface area contributed by atoms with Crippen molar-refractivity contribution in [2.45, 2.75) is 19.4 Å². The lowest BCUT2D eigenvalue weighted by Crippen LogP contribution is -2.08. The average molecular weight is 278 g/mol. The largest absolute Gasteiger partial charge is 0.489 e. The monoisotopic (exact) mass is 277 g/mol. The molecule has 2 aromatic rings. The molecule has 1 aliphatic rings. The fraction of sp³-hybridized carbons (Fsp3) is 0.286. The van der Waals surface area contributed by atoms with Crippen LogP contribution in [0.25, 0.3) is 10.8 Å². The fourth-order valence-electron chi connectivity index (χ4n) is 2.49. The van der Waals surface area contributed by atoms with E-state index < -0.39 is 5.97 Å². The summed E-state index contributed by atoms with van der Waals surface area (Å²) < 4.78 is 10.5. The van der Waals surface area contributed by atoms with E-state index in [9.17, 15) is 4.79 Å².